The lowest BCUT2D eigenvalue weighted by molar-refractivity contribution is -0.120. The molecule has 1 aromatic carbocycles. The Morgan fingerprint density at radius 1 is 1.38 bits per heavy atom. The zero-order chi connectivity index (χ0) is 17.1. The van der Waals surface area contributed by atoms with Gasteiger partial charge in [-0.2, -0.15) is 0 Å². The molecular formula is C17H18FN3O3. The number of aryl methyl sites for hydroxylation is 1. The van der Waals surface area contributed by atoms with Gasteiger partial charge in [0.05, 0.1) is 12.2 Å². The fraction of sp³-hybridized carbons (Fsp3) is 0.294. The number of rotatable bonds is 6. The first-order chi connectivity index (χ1) is 11.5. The van der Waals surface area contributed by atoms with E-state index in [-0.39, 0.29) is 18.3 Å². The molecule has 0 unspecified atom stereocenters. The lowest BCUT2D eigenvalue weighted by atomic mass is 10.2. The second-order valence-corrected chi connectivity index (χ2v) is 5.52. The highest BCUT2D eigenvalue weighted by atomic mass is 19.1. The van der Waals surface area contributed by atoms with Gasteiger partial charge in [-0.3, -0.25) is 4.79 Å². The van der Waals surface area contributed by atoms with Gasteiger partial charge in [-0.05, 0) is 19.1 Å². The third kappa shape index (κ3) is 3.56. The Hall–Kier alpha value is -2.83. The van der Waals surface area contributed by atoms with Crippen molar-refractivity contribution in [1.29, 1.82) is 0 Å². The maximum absolute atomic E-state index is 14.2. The molecule has 0 aliphatic carbocycles. The molecule has 0 bridgehead atoms. The van der Waals surface area contributed by atoms with Crippen LogP contribution in [0.2, 0.25) is 0 Å². The molecular weight excluding hydrogens is 313 g/mol. The maximum atomic E-state index is 14.2. The predicted octanol–water partition coefficient (Wildman–Crippen LogP) is 3.21. The monoisotopic (exact) mass is 331 g/mol. The molecule has 3 rings (SSSR count). The molecule has 3 aromatic rings. The van der Waals surface area contributed by atoms with Crippen LogP contribution in [0.3, 0.4) is 0 Å². The third-order valence-electron chi connectivity index (χ3n) is 3.57. The summed E-state index contributed by atoms with van der Waals surface area (Å²) in [4.78, 5) is 14.5. The van der Waals surface area contributed by atoms with E-state index in [4.69, 9.17) is 9.26 Å². The summed E-state index contributed by atoms with van der Waals surface area (Å²) in [5.41, 5.74) is 2.28. The summed E-state index contributed by atoms with van der Waals surface area (Å²) in [6, 6.07) is 6.54. The van der Waals surface area contributed by atoms with Gasteiger partial charge in [0.25, 0.3) is 0 Å². The molecule has 7 heteroatoms. The van der Waals surface area contributed by atoms with Crippen LogP contribution in [-0.4, -0.2) is 16.0 Å². The van der Waals surface area contributed by atoms with Crippen molar-refractivity contribution in [3.05, 3.63) is 47.2 Å². The Balaban J connectivity index is 1.74. The fourth-order valence-corrected chi connectivity index (χ4v) is 2.35. The molecule has 0 spiro atoms. The van der Waals surface area contributed by atoms with E-state index >= 15 is 0 Å². The largest absolute Gasteiger partial charge is 0.482 e. The molecule has 0 saturated carbocycles. The molecule has 0 aliphatic rings. The zero-order valence-electron chi connectivity index (χ0n) is 13.5. The normalized spacial score (nSPS) is 11.0. The third-order valence-corrected chi connectivity index (χ3v) is 3.57. The lowest BCUT2D eigenvalue weighted by Gasteiger charge is -2.05. The molecule has 0 aliphatic heterocycles. The highest BCUT2D eigenvalue weighted by Gasteiger charge is 2.11. The van der Waals surface area contributed by atoms with Crippen molar-refractivity contribution in [3.63, 3.8) is 0 Å². The minimum atomic E-state index is -0.457. The molecule has 0 radical (unpaired) electrons. The molecule has 2 N–H and O–H groups in total. The molecule has 0 atom stereocenters. The summed E-state index contributed by atoms with van der Waals surface area (Å²) in [5.74, 6) is 0.164. The Labute approximate surface area is 138 Å². The van der Waals surface area contributed by atoms with Crippen molar-refractivity contribution >= 4 is 16.8 Å². The van der Waals surface area contributed by atoms with Crippen molar-refractivity contribution in [2.45, 2.75) is 33.4 Å². The van der Waals surface area contributed by atoms with Crippen LogP contribution in [0.25, 0.3) is 10.9 Å². The van der Waals surface area contributed by atoms with Crippen LogP contribution in [0.5, 0.6) is 5.75 Å². The summed E-state index contributed by atoms with van der Waals surface area (Å²) < 4.78 is 24.7. The van der Waals surface area contributed by atoms with E-state index in [1.165, 1.54) is 6.07 Å². The van der Waals surface area contributed by atoms with Gasteiger partial charge >= 0.3 is 0 Å². The van der Waals surface area contributed by atoms with Gasteiger partial charge in [0.15, 0.2) is 17.3 Å². The molecule has 24 heavy (non-hydrogen) atoms. The minimum Gasteiger partial charge on any atom is -0.482 e. The van der Waals surface area contributed by atoms with Crippen LogP contribution < -0.4 is 10.1 Å². The van der Waals surface area contributed by atoms with Gasteiger partial charge in [0.1, 0.15) is 6.61 Å². The predicted molar refractivity (Wildman–Crippen MR) is 86.0 cm³/mol. The number of aromatic amines is 1. The number of hydrogen-bond acceptors (Lipinski definition) is 4. The maximum Gasteiger partial charge on any atom is 0.220 e. The second-order valence-electron chi connectivity index (χ2n) is 5.52. The minimum absolute atomic E-state index is 0.0359. The number of carbonyl (C=O) groups is 1. The SMILES string of the molecule is CCC(=O)NCc1cc2cc(F)c(OCc3cc(C)no3)cc2[nH]1. The van der Waals surface area contributed by atoms with E-state index in [1.54, 1.807) is 32.0 Å². The highest BCUT2D eigenvalue weighted by molar-refractivity contribution is 5.82. The van der Waals surface area contributed by atoms with Crippen LogP contribution in [0, 0.1) is 12.7 Å². The number of nitrogens with zero attached hydrogens (tertiary/aromatic N) is 1. The number of amides is 1. The molecule has 2 aromatic heterocycles. The van der Waals surface area contributed by atoms with Gasteiger partial charge in [0.2, 0.25) is 5.91 Å². The van der Waals surface area contributed by atoms with Gasteiger partial charge < -0.3 is 19.6 Å². The Kier molecular flexibility index (Phi) is 4.50. The number of carbonyl (C=O) groups excluding carboxylic acids is 1. The smallest absolute Gasteiger partial charge is 0.220 e. The Morgan fingerprint density at radius 3 is 2.92 bits per heavy atom. The summed E-state index contributed by atoms with van der Waals surface area (Å²) in [6.07, 6.45) is 0.425. The quantitative estimate of drug-likeness (QED) is 0.727. The van der Waals surface area contributed by atoms with Gasteiger partial charge in [-0.25, -0.2) is 4.39 Å². The topological polar surface area (TPSA) is 80.2 Å². The van der Waals surface area contributed by atoms with Crippen LogP contribution >= 0.6 is 0 Å². The van der Waals surface area contributed by atoms with E-state index in [0.717, 1.165) is 22.3 Å². The van der Waals surface area contributed by atoms with Crippen molar-refractivity contribution in [1.82, 2.24) is 15.5 Å². The van der Waals surface area contributed by atoms with Gasteiger partial charge in [-0.15, -0.1) is 0 Å². The van der Waals surface area contributed by atoms with E-state index in [9.17, 15) is 9.18 Å². The number of aromatic nitrogens is 2. The first kappa shape index (κ1) is 16.0. The number of H-pyrrole nitrogens is 1. The first-order valence-corrected chi connectivity index (χ1v) is 7.68. The molecule has 126 valence electrons. The average Bonchev–Trinajstić information content (AvgIpc) is 3.15. The molecule has 0 saturated heterocycles. The van der Waals surface area contributed by atoms with Crippen molar-refractivity contribution in [2.24, 2.45) is 0 Å². The molecule has 2 heterocycles. The first-order valence-electron chi connectivity index (χ1n) is 7.68. The second kappa shape index (κ2) is 6.74. The fourth-order valence-electron chi connectivity index (χ4n) is 2.35. The average molecular weight is 331 g/mol. The number of benzene rings is 1. The molecule has 0 fully saturated rings. The number of fused-ring (bicyclic) bond motifs is 1. The van der Waals surface area contributed by atoms with E-state index in [2.05, 4.69) is 15.5 Å². The summed E-state index contributed by atoms with van der Waals surface area (Å²) in [5, 5.41) is 7.25. The highest BCUT2D eigenvalue weighted by Crippen LogP contribution is 2.26. The summed E-state index contributed by atoms with van der Waals surface area (Å²) in [6.45, 7) is 4.06. The van der Waals surface area contributed by atoms with Crippen molar-refractivity contribution < 1.29 is 18.4 Å². The van der Waals surface area contributed by atoms with E-state index in [1.807, 2.05) is 0 Å². The van der Waals surface area contributed by atoms with Crippen molar-refractivity contribution in [3.8, 4) is 5.75 Å². The lowest BCUT2D eigenvalue weighted by Crippen LogP contribution is -2.21. The molecule has 6 nitrogen and oxygen atoms in total. The number of ether oxygens (including phenoxy) is 1. The van der Waals surface area contributed by atoms with Crippen LogP contribution in [0.15, 0.2) is 28.8 Å². The number of nitrogens with one attached hydrogen (secondary N) is 2. The number of halogens is 1. The standard InChI is InChI=1S/C17H18FN3O3/c1-3-17(22)19-8-12-5-11-6-14(18)16(7-15(11)20-12)23-9-13-4-10(2)21-24-13/h4-7,20H,3,8-9H2,1-2H3,(H,19,22). The Morgan fingerprint density at radius 2 is 2.21 bits per heavy atom. The summed E-state index contributed by atoms with van der Waals surface area (Å²) in [7, 11) is 0. The van der Waals surface area contributed by atoms with E-state index in [0.29, 0.717) is 18.7 Å². The van der Waals surface area contributed by atoms with Gasteiger partial charge in [0, 0.05) is 35.2 Å². The van der Waals surface area contributed by atoms with Crippen LogP contribution in [-0.2, 0) is 17.9 Å². The zero-order valence-corrected chi connectivity index (χ0v) is 13.5. The van der Waals surface area contributed by atoms with Gasteiger partial charge in [-0.1, -0.05) is 12.1 Å². The summed E-state index contributed by atoms with van der Waals surface area (Å²) >= 11 is 0. The van der Waals surface area contributed by atoms with Crippen molar-refractivity contribution in [2.75, 3.05) is 0 Å². The molecule has 1 amide bonds. The van der Waals surface area contributed by atoms with Crippen LogP contribution in [0.1, 0.15) is 30.5 Å². The Bertz CT molecular complexity index is 869. The number of hydrogen-bond donors (Lipinski definition) is 2. The van der Waals surface area contributed by atoms with E-state index < -0.39 is 5.82 Å². The van der Waals surface area contributed by atoms with Crippen LogP contribution in [0.4, 0.5) is 4.39 Å².